The molecule has 4 rings (SSSR count). The number of hydrogen-bond acceptors (Lipinski definition) is 7. The Morgan fingerprint density at radius 1 is 1.03 bits per heavy atom. The summed E-state index contributed by atoms with van der Waals surface area (Å²) in [5.41, 5.74) is 2.73. The Bertz CT molecular complexity index is 1100. The van der Waals surface area contributed by atoms with Gasteiger partial charge in [-0.25, -0.2) is 9.78 Å². The van der Waals surface area contributed by atoms with Crippen molar-refractivity contribution in [1.82, 2.24) is 10.1 Å². The topological polar surface area (TPSA) is 74.5 Å². The smallest absolute Gasteiger partial charge is 0.338 e. The molecular formula is C22H18N2O4S. The zero-order chi connectivity index (χ0) is 20.1. The lowest BCUT2D eigenvalue weighted by Gasteiger charge is -2.07. The van der Waals surface area contributed by atoms with Gasteiger partial charge in [-0.15, -0.1) is 11.3 Å². The average molecular weight is 406 g/mol. The molecule has 4 aromatic rings. The number of aryl methyl sites for hydroxylation is 1. The fraction of sp³-hybridized carbons (Fsp3) is 0.136. The van der Waals surface area contributed by atoms with Gasteiger partial charge in [0.2, 0.25) is 0 Å². The van der Waals surface area contributed by atoms with Crippen LogP contribution in [0.15, 0.2) is 70.6 Å². The summed E-state index contributed by atoms with van der Waals surface area (Å²) in [5.74, 6) is 0.756. The maximum atomic E-state index is 12.4. The first-order valence-corrected chi connectivity index (χ1v) is 9.87. The molecule has 0 aliphatic rings. The highest BCUT2D eigenvalue weighted by molar-refractivity contribution is 7.09. The van der Waals surface area contributed by atoms with Crippen LogP contribution in [-0.2, 0) is 18.0 Å². The van der Waals surface area contributed by atoms with E-state index >= 15 is 0 Å². The molecular weight excluding hydrogens is 388 g/mol. The van der Waals surface area contributed by atoms with Crippen LogP contribution in [0, 0.1) is 6.92 Å². The van der Waals surface area contributed by atoms with Crippen LogP contribution < -0.4 is 4.74 Å². The Morgan fingerprint density at radius 2 is 1.90 bits per heavy atom. The lowest BCUT2D eigenvalue weighted by atomic mass is 10.2. The zero-order valence-electron chi connectivity index (χ0n) is 15.7. The van der Waals surface area contributed by atoms with Crippen molar-refractivity contribution in [3.8, 4) is 17.1 Å². The highest BCUT2D eigenvalue weighted by atomic mass is 32.1. The van der Waals surface area contributed by atoms with Gasteiger partial charge in [-0.1, -0.05) is 41.6 Å². The van der Waals surface area contributed by atoms with E-state index in [1.165, 1.54) is 0 Å². The van der Waals surface area contributed by atoms with Gasteiger partial charge in [-0.2, -0.15) is 0 Å². The molecule has 0 unspecified atom stereocenters. The van der Waals surface area contributed by atoms with E-state index in [0.29, 0.717) is 29.4 Å². The summed E-state index contributed by atoms with van der Waals surface area (Å²) < 4.78 is 16.4. The van der Waals surface area contributed by atoms with Crippen molar-refractivity contribution in [2.45, 2.75) is 20.1 Å². The lowest BCUT2D eigenvalue weighted by molar-refractivity contribution is 0.0464. The van der Waals surface area contributed by atoms with Crippen LogP contribution in [-0.4, -0.2) is 16.1 Å². The van der Waals surface area contributed by atoms with Crippen molar-refractivity contribution in [3.63, 3.8) is 0 Å². The molecule has 0 bridgehead atoms. The number of hydrogen-bond donors (Lipinski definition) is 0. The quantitative estimate of drug-likeness (QED) is 0.400. The Morgan fingerprint density at radius 3 is 2.69 bits per heavy atom. The second-order valence-corrected chi connectivity index (χ2v) is 7.36. The molecule has 2 heterocycles. The third kappa shape index (κ3) is 4.89. The normalized spacial score (nSPS) is 10.7. The van der Waals surface area contributed by atoms with Crippen molar-refractivity contribution in [3.05, 3.63) is 88.0 Å². The van der Waals surface area contributed by atoms with Crippen molar-refractivity contribution in [1.29, 1.82) is 0 Å². The number of benzene rings is 2. The van der Waals surface area contributed by atoms with Crippen molar-refractivity contribution >= 4 is 17.3 Å². The van der Waals surface area contributed by atoms with Crippen molar-refractivity contribution in [2.75, 3.05) is 0 Å². The number of rotatable bonds is 7. The third-order valence-electron chi connectivity index (χ3n) is 4.09. The molecule has 29 heavy (non-hydrogen) atoms. The Balaban J connectivity index is 1.34. The number of carbonyl (C=O) groups is 1. The second-order valence-electron chi connectivity index (χ2n) is 6.30. The molecule has 146 valence electrons. The third-order valence-corrected chi connectivity index (χ3v) is 4.91. The van der Waals surface area contributed by atoms with E-state index < -0.39 is 5.97 Å². The molecule has 7 heteroatoms. The van der Waals surface area contributed by atoms with Gasteiger partial charge < -0.3 is 14.0 Å². The predicted octanol–water partition coefficient (Wildman–Crippen LogP) is 5.04. The summed E-state index contributed by atoms with van der Waals surface area (Å²) >= 11 is 1.57. The zero-order valence-corrected chi connectivity index (χ0v) is 16.5. The molecule has 6 nitrogen and oxygen atoms in total. The Kier molecular flexibility index (Phi) is 5.67. The molecule has 0 fully saturated rings. The standard InChI is InChI=1S/C22H18N2O4S/c1-15-23-19(14-29-15)13-26-20-9-5-8-17(10-20)22(25)27-12-18-11-21(28-24-18)16-6-3-2-4-7-16/h2-11,14H,12-13H2,1H3. The van der Waals surface area contributed by atoms with E-state index in [4.69, 9.17) is 14.0 Å². The van der Waals surface area contributed by atoms with Crippen molar-refractivity contribution in [2.24, 2.45) is 0 Å². The fourth-order valence-corrected chi connectivity index (χ4v) is 3.28. The number of carbonyl (C=O) groups excluding carboxylic acids is 1. The Hall–Kier alpha value is -3.45. The second kappa shape index (κ2) is 8.70. The molecule has 2 aromatic carbocycles. The van der Waals surface area contributed by atoms with Crippen LogP contribution in [0.2, 0.25) is 0 Å². The summed E-state index contributed by atoms with van der Waals surface area (Å²) in [5, 5.41) is 6.90. The van der Waals surface area contributed by atoms with Gasteiger partial charge in [0, 0.05) is 17.0 Å². The fourth-order valence-electron chi connectivity index (χ4n) is 2.69. The van der Waals surface area contributed by atoms with E-state index in [0.717, 1.165) is 16.3 Å². The van der Waals surface area contributed by atoms with Gasteiger partial charge in [0.15, 0.2) is 5.76 Å². The lowest BCUT2D eigenvalue weighted by Crippen LogP contribution is -2.06. The van der Waals surface area contributed by atoms with Gasteiger partial charge in [0.25, 0.3) is 0 Å². The predicted molar refractivity (Wildman–Crippen MR) is 109 cm³/mol. The summed E-state index contributed by atoms with van der Waals surface area (Å²) in [6, 6.07) is 18.3. The molecule has 0 amide bonds. The van der Waals surface area contributed by atoms with Crippen LogP contribution >= 0.6 is 11.3 Å². The number of esters is 1. The largest absolute Gasteiger partial charge is 0.487 e. The van der Waals surface area contributed by atoms with Crippen LogP contribution in [0.4, 0.5) is 0 Å². The number of nitrogens with zero attached hydrogens (tertiary/aromatic N) is 2. The van der Waals surface area contributed by atoms with E-state index in [2.05, 4.69) is 10.1 Å². The van der Waals surface area contributed by atoms with Crippen LogP contribution in [0.3, 0.4) is 0 Å². The first-order valence-electron chi connectivity index (χ1n) is 8.99. The molecule has 2 aromatic heterocycles. The first kappa shape index (κ1) is 18.9. The molecule has 0 atom stereocenters. The van der Waals surface area contributed by atoms with Crippen molar-refractivity contribution < 1.29 is 18.8 Å². The van der Waals surface area contributed by atoms with E-state index in [1.54, 1.807) is 41.7 Å². The monoisotopic (exact) mass is 406 g/mol. The SMILES string of the molecule is Cc1nc(COc2cccc(C(=O)OCc3cc(-c4ccccc4)on3)c2)cs1. The van der Waals surface area contributed by atoms with Gasteiger partial charge in [-0.3, -0.25) is 0 Å². The average Bonchev–Trinajstić information content (AvgIpc) is 3.40. The maximum absolute atomic E-state index is 12.4. The molecule has 0 saturated carbocycles. The highest BCUT2D eigenvalue weighted by Crippen LogP contribution is 2.21. The van der Waals surface area contributed by atoms with Gasteiger partial charge in [0.05, 0.1) is 16.3 Å². The minimum absolute atomic E-state index is 0.0261. The van der Waals surface area contributed by atoms with Crippen LogP contribution in [0.1, 0.15) is 26.8 Å². The summed E-state index contributed by atoms with van der Waals surface area (Å²) in [7, 11) is 0. The maximum Gasteiger partial charge on any atom is 0.338 e. The van der Waals surface area contributed by atoms with Gasteiger partial charge in [0.1, 0.15) is 24.7 Å². The van der Waals surface area contributed by atoms with E-state index in [1.807, 2.05) is 42.6 Å². The molecule has 0 aliphatic carbocycles. The molecule has 0 spiro atoms. The van der Waals surface area contributed by atoms with Gasteiger partial charge in [-0.05, 0) is 25.1 Å². The highest BCUT2D eigenvalue weighted by Gasteiger charge is 2.12. The molecule has 0 aliphatic heterocycles. The number of aromatic nitrogens is 2. The summed E-state index contributed by atoms with van der Waals surface area (Å²) in [6.45, 7) is 2.32. The van der Waals surface area contributed by atoms with E-state index in [9.17, 15) is 4.79 Å². The first-order chi connectivity index (χ1) is 14.2. The Labute approximate surface area is 171 Å². The molecule has 0 saturated heterocycles. The number of ether oxygens (including phenoxy) is 2. The minimum Gasteiger partial charge on any atom is -0.487 e. The summed E-state index contributed by atoms with van der Waals surface area (Å²) in [4.78, 5) is 16.7. The number of thiazole rings is 1. The van der Waals surface area contributed by atoms with Gasteiger partial charge >= 0.3 is 5.97 Å². The minimum atomic E-state index is -0.454. The van der Waals surface area contributed by atoms with E-state index in [-0.39, 0.29) is 6.61 Å². The van der Waals surface area contributed by atoms with Crippen LogP contribution in [0.25, 0.3) is 11.3 Å². The van der Waals surface area contributed by atoms with Crippen LogP contribution in [0.5, 0.6) is 5.75 Å². The molecule has 0 radical (unpaired) electrons. The molecule has 0 N–H and O–H groups in total. The summed E-state index contributed by atoms with van der Waals surface area (Å²) in [6.07, 6.45) is 0.